The van der Waals surface area contributed by atoms with Crippen LogP contribution in [0.4, 0.5) is 0 Å². The van der Waals surface area contributed by atoms with Gasteiger partial charge >= 0.3 is 11.9 Å². The van der Waals surface area contributed by atoms with Gasteiger partial charge in [0.15, 0.2) is 0 Å². The Kier molecular flexibility index (Phi) is 25.3. The summed E-state index contributed by atoms with van der Waals surface area (Å²) >= 11 is 0. The van der Waals surface area contributed by atoms with E-state index in [1.807, 2.05) is 39.8 Å². The zero-order valence-electron chi connectivity index (χ0n) is 27.8. The van der Waals surface area contributed by atoms with Gasteiger partial charge in [-0.3, -0.25) is 9.59 Å². The molecule has 0 aromatic carbocycles. The van der Waals surface area contributed by atoms with Crippen LogP contribution in [-0.4, -0.2) is 49.1 Å². The van der Waals surface area contributed by atoms with Crippen molar-refractivity contribution in [3.05, 3.63) is 25.3 Å². The summed E-state index contributed by atoms with van der Waals surface area (Å²) in [5.41, 5.74) is 0. The number of amides is 2. The molecule has 0 rings (SSSR count). The molecule has 2 atom stereocenters. The molecule has 0 aliphatic rings. The molecule has 0 spiro atoms. The largest absolute Gasteiger partial charge is 0.464 e. The summed E-state index contributed by atoms with van der Waals surface area (Å²) in [6.45, 7) is 15.1. The quantitative estimate of drug-likeness (QED) is 0.0547. The molecular formula is C35H62N2O6. The molecule has 0 aromatic rings. The summed E-state index contributed by atoms with van der Waals surface area (Å²) < 4.78 is 10.8. The first-order chi connectivity index (χ1) is 20.6. The first-order valence-corrected chi connectivity index (χ1v) is 16.8. The summed E-state index contributed by atoms with van der Waals surface area (Å²) in [4.78, 5) is 50.0. The maximum Gasteiger partial charge on any atom is 0.328 e. The topological polar surface area (TPSA) is 111 Å². The van der Waals surface area contributed by atoms with Crippen LogP contribution < -0.4 is 10.6 Å². The zero-order valence-corrected chi connectivity index (χ0v) is 27.8. The minimum Gasteiger partial charge on any atom is -0.464 e. The highest BCUT2D eigenvalue weighted by Crippen LogP contribution is 2.12. The summed E-state index contributed by atoms with van der Waals surface area (Å²) in [7, 11) is 0. The molecule has 2 unspecified atom stereocenters. The van der Waals surface area contributed by atoms with Gasteiger partial charge < -0.3 is 20.1 Å². The van der Waals surface area contributed by atoms with Crippen LogP contribution in [-0.2, 0) is 28.7 Å². The maximum absolute atomic E-state index is 12.6. The highest BCUT2D eigenvalue weighted by molar-refractivity contribution is 5.85. The van der Waals surface area contributed by atoms with E-state index in [1.54, 1.807) is 0 Å². The number of carbonyl (C=O) groups is 4. The van der Waals surface area contributed by atoms with Gasteiger partial charge in [-0.1, -0.05) is 91.2 Å². The Labute approximate surface area is 262 Å². The van der Waals surface area contributed by atoms with Crippen LogP contribution in [0.3, 0.4) is 0 Å². The van der Waals surface area contributed by atoms with Crippen molar-refractivity contribution in [3.8, 4) is 0 Å². The van der Waals surface area contributed by atoms with Crippen LogP contribution >= 0.6 is 0 Å². The maximum atomic E-state index is 12.6. The van der Waals surface area contributed by atoms with Gasteiger partial charge in [0.05, 0.1) is 13.2 Å². The second kappa shape index (κ2) is 26.9. The summed E-state index contributed by atoms with van der Waals surface area (Å²) in [6, 6.07) is -1.43. The fraction of sp³-hybridized carbons (Fsp3) is 0.771. The normalized spacial score (nSPS) is 12.4. The van der Waals surface area contributed by atoms with Crippen LogP contribution in [0, 0.1) is 11.8 Å². The van der Waals surface area contributed by atoms with Crippen LogP contribution in [0.15, 0.2) is 25.3 Å². The van der Waals surface area contributed by atoms with E-state index < -0.39 is 24.0 Å². The van der Waals surface area contributed by atoms with Gasteiger partial charge in [-0.15, -0.1) is 13.2 Å². The molecule has 0 aliphatic heterocycles. The van der Waals surface area contributed by atoms with Crippen molar-refractivity contribution in [1.29, 1.82) is 0 Å². The van der Waals surface area contributed by atoms with Gasteiger partial charge in [0.25, 0.3) is 0 Å². The lowest BCUT2D eigenvalue weighted by atomic mass is 10.0. The molecule has 2 amide bonds. The molecule has 2 N–H and O–H groups in total. The van der Waals surface area contributed by atoms with Gasteiger partial charge in [0.1, 0.15) is 12.1 Å². The standard InChI is InChI=1S/C35H62N2O6/c1-7-9-11-13-15-17-19-21-24-30(38)36-32(28(3)4)34(40)42-26-23-27-43-35(41)33(29(5)6)37-31(39)25-22-20-18-16-14-12-10-8-2/h7-8,28-29,32-33H,1-2,9-27H2,3-6H3,(H,36,38)(H,37,39). The SMILES string of the molecule is C=CCCCCCCCCC(=O)NC(C(=O)OCCCOC(=O)C(NC(=O)CCCCCCCCC=C)C(C)C)C(C)C. The van der Waals surface area contributed by atoms with E-state index in [1.165, 1.54) is 25.7 Å². The second-order valence-electron chi connectivity index (χ2n) is 12.2. The Hall–Kier alpha value is -2.64. The fourth-order valence-corrected chi connectivity index (χ4v) is 4.63. The van der Waals surface area contributed by atoms with E-state index in [0.29, 0.717) is 19.3 Å². The predicted octanol–water partition coefficient (Wildman–Crippen LogP) is 7.36. The molecule has 0 saturated heterocycles. The van der Waals surface area contributed by atoms with Crippen molar-refractivity contribution in [1.82, 2.24) is 10.6 Å². The van der Waals surface area contributed by atoms with E-state index >= 15 is 0 Å². The monoisotopic (exact) mass is 606 g/mol. The summed E-state index contributed by atoms with van der Waals surface area (Å²) in [6.07, 6.45) is 19.9. The molecule has 0 heterocycles. The van der Waals surface area contributed by atoms with Gasteiger partial charge in [-0.05, 0) is 50.4 Å². The first kappa shape index (κ1) is 40.4. The van der Waals surface area contributed by atoms with E-state index in [0.717, 1.165) is 64.2 Å². The van der Waals surface area contributed by atoms with Crippen LogP contribution in [0.5, 0.6) is 0 Å². The van der Waals surface area contributed by atoms with Crippen molar-refractivity contribution >= 4 is 23.8 Å². The molecule has 0 fully saturated rings. The minimum atomic E-state index is -0.716. The lowest BCUT2D eigenvalue weighted by molar-refractivity contribution is -0.152. The predicted molar refractivity (Wildman–Crippen MR) is 174 cm³/mol. The van der Waals surface area contributed by atoms with E-state index in [4.69, 9.17) is 9.47 Å². The van der Waals surface area contributed by atoms with Crippen molar-refractivity contribution in [3.63, 3.8) is 0 Å². The molecule has 8 nitrogen and oxygen atoms in total. The van der Waals surface area contributed by atoms with Crippen molar-refractivity contribution < 1.29 is 28.7 Å². The summed E-state index contributed by atoms with van der Waals surface area (Å²) in [5, 5.41) is 5.64. The fourth-order valence-electron chi connectivity index (χ4n) is 4.63. The molecular weight excluding hydrogens is 544 g/mol. The molecule has 43 heavy (non-hydrogen) atoms. The number of unbranched alkanes of at least 4 members (excludes halogenated alkanes) is 12. The third-order valence-electron chi connectivity index (χ3n) is 7.38. The lowest BCUT2D eigenvalue weighted by Gasteiger charge is -2.22. The van der Waals surface area contributed by atoms with Gasteiger partial charge in [-0.25, -0.2) is 9.59 Å². The Balaban J connectivity index is 4.26. The number of carbonyl (C=O) groups excluding carboxylic acids is 4. The van der Waals surface area contributed by atoms with Gasteiger partial charge in [-0.2, -0.15) is 0 Å². The van der Waals surface area contributed by atoms with E-state index in [2.05, 4.69) is 23.8 Å². The number of nitrogens with one attached hydrogen (secondary N) is 2. The lowest BCUT2D eigenvalue weighted by Crippen LogP contribution is -2.45. The molecule has 0 bridgehead atoms. The Morgan fingerprint density at radius 3 is 1.19 bits per heavy atom. The van der Waals surface area contributed by atoms with Crippen molar-refractivity contribution in [2.24, 2.45) is 11.8 Å². The second-order valence-corrected chi connectivity index (χ2v) is 12.2. The number of rotatable bonds is 28. The Morgan fingerprint density at radius 2 is 0.860 bits per heavy atom. The zero-order chi connectivity index (χ0) is 32.3. The van der Waals surface area contributed by atoms with Crippen molar-refractivity contribution in [2.45, 2.75) is 149 Å². The first-order valence-electron chi connectivity index (χ1n) is 16.8. The van der Waals surface area contributed by atoms with Gasteiger partial charge in [0.2, 0.25) is 11.8 Å². The molecule has 0 aromatic heterocycles. The number of esters is 2. The molecule has 8 heteroatoms. The number of hydrogen-bond donors (Lipinski definition) is 2. The smallest absolute Gasteiger partial charge is 0.328 e. The summed E-state index contributed by atoms with van der Waals surface area (Å²) in [5.74, 6) is -1.48. The molecule has 0 aliphatic carbocycles. The number of ether oxygens (including phenoxy) is 2. The van der Waals surface area contributed by atoms with E-state index in [-0.39, 0.29) is 36.9 Å². The molecule has 0 radical (unpaired) electrons. The number of allylic oxidation sites excluding steroid dienone is 2. The van der Waals surface area contributed by atoms with Crippen LogP contribution in [0.25, 0.3) is 0 Å². The minimum absolute atomic E-state index is 0.0728. The Bertz CT molecular complexity index is 731. The van der Waals surface area contributed by atoms with Crippen molar-refractivity contribution in [2.75, 3.05) is 13.2 Å². The van der Waals surface area contributed by atoms with E-state index in [9.17, 15) is 19.2 Å². The van der Waals surface area contributed by atoms with Crippen LogP contribution in [0.1, 0.15) is 137 Å². The molecule has 0 saturated carbocycles. The van der Waals surface area contributed by atoms with Crippen LogP contribution in [0.2, 0.25) is 0 Å². The average molecular weight is 607 g/mol. The average Bonchev–Trinajstić information content (AvgIpc) is 2.96. The third kappa shape index (κ3) is 22.5. The highest BCUT2D eigenvalue weighted by Gasteiger charge is 2.27. The molecule has 248 valence electrons. The van der Waals surface area contributed by atoms with Gasteiger partial charge in [0, 0.05) is 19.3 Å². The third-order valence-corrected chi connectivity index (χ3v) is 7.38. The Morgan fingerprint density at radius 1 is 0.535 bits per heavy atom. The number of hydrogen-bond acceptors (Lipinski definition) is 6. The highest BCUT2D eigenvalue weighted by atomic mass is 16.5.